The highest BCUT2D eigenvalue weighted by molar-refractivity contribution is 6.05. The van der Waals surface area contributed by atoms with E-state index in [-0.39, 0.29) is 5.91 Å². The highest BCUT2D eigenvalue weighted by Gasteiger charge is 2.28. The van der Waals surface area contributed by atoms with Gasteiger partial charge in [-0.15, -0.1) is 0 Å². The Balaban J connectivity index is 1.52. The van der Waals surface area contributed by atoms with Gasteiger partial charge in [0.2, 0.25) is 0 Å². The lowest BCUT2D eigenvalue weighted by atomic mass is 10.2. The first-order valence-electron chi connectivity index (χ1n) is 8.31. The van der Waals surface area contributed by atoms with E-state index in [4.69, 9.17) is 9.47 Å². The van der Waals surface area contributed by atoms with Crippen LogP contribution in [-0.2, 0) is 13.2 Å². The molecule has 0 atom stereocenters. The van der Waals surface area contributed by atoms with Crippen LogP contribution in [0.1, 0.15) is 16.2 Å². The molecule has 0 aliphatic carbocycles. The third kappa shape index (κ3) is 3.11. The molecule has 4 rings (SSSR count). The Hall–Kier alpha value is -3.35. The number of rotatable bonds is 5. The molecule has 26 heavy (non-hydrogen) atoms. The second-order valence-electron chi connectivity index (χ2n) is 5.86. The minimum absolute atomic E-state index is 0.129. The molecule has 3 heterocycles. The minimum atomic E-state index is -0.129. The van der Waals surface area contributed by atoms with E-state index in [1.807, 2.05) is 30.3 Å². The highest BCUT2D eigenvalue weighted by Crippen LogP contribution is 2.23. The average molecular weight is 350 g/mol. The zero-order chi connectivity index (χ0) is 17.9. The SMILES string of the molecule is COc1ccnc(N2CCn3nc(COc4ccccc4)cc3C2=O)c1. The summed E-state index contributed by atoms with van der Waals surface area (Å²) in [6, 6.07) is 14.8. The molecule has 1 aliphatic heterocycles. The summed E-state index contributed by atoms with van der Waals surface area (Å²) in [6.45, 7) is 1.42. The average Bonchev–Trinajstić information content (AvgIpc) is 3.12. The normalized spacial score (nSPS) is 13.4. The Morgan fingerprint density at radius 2 is 1.92 bits per heavy atom. The number of aromatic nitrogens is 3. The van der Waals surface area contributed by atoms with Crippen LogP contribution in [0.5, 0.6) is 11.5 Å². The second kappa shape index (κ2) is 6.87. The number of nitrogens with zero attached hydrogens (tertiary/aromatic N) is 4. The predicted octanol–water partition coefficient (Wildman–Crippen LogP) is 2.53. The van der Waals surface area contributed by atoms with Crippen LogP contribution in [0.3, 0.4) is 0 Å². The quantitative estimate of drug-likeness (QED) is 0.707. The van der Waals surface area contributed by atoms with Crippen molar-refractivity contribution in [1.82, 2.24) is 14.8 Å². The van der Waals surface area contributed by atoms with Crippen LogP contribution in [0.25, 0.3) is 0 Å². The lowest BCUT2D eigenvalue weighted by Crippen LogP contribution is -2.40. The van der Waals surface area contributed by atoms with Crippen LogP contribution in [0, 0.1) is 0 Å². The number of anilines is 1. The molecule has 1 aromatic carbocycles. The molecule has 7 heteroatoms. The van der Waals surface area contributed by atoms with E-state index >= 15 is 0 Å². The number of hydrogen-bond donors (Lipinski definition) is 0. The second-order valence-corrected chi connectivity index (χ2v) is 5.86. The van der Waals surface area contributed by atoms with Gasteiger partial charge in [-0.05, 0) is 24.3 Å². The van der Waals surface area contributed by atoms with E-state index in [0.717, 1.165) is 11.4 Å². The van der Waals surface area contributed by atoms with Crippen molar-refractivity contribution in [1.29, 1.82) is 0 Å². The van der Waals surface area contributed by atoms with Crippen molar-refractivity contribution >= 4 is 11.7 Å². The molecule has 0 unspecified atom stereocenters. The lowest BCUT2D eigenvalue weighted by molar-refractivity contribution is 0.0961. The zero-order valence-corrected chi connectivity index (χ0v) is 14.3. The number of methoxy groups -OCH3 is 1. The van der Waals surface area contributed by atoms with Gasteiger partial charge in [0, 0.05) is 18.8 Å². The summed E-state index contributed by atoms with van der Waals surface area (Å²) in [5.74, 6) is 1.88. The van der Waals surface area contributed by atoms with Gasteiger partial charge in [0.05, 0.1) is 13.7 Å². The molecule has 0 spiro atoms. The molecule has 0 bridgehead atoms. The van der Waals surface area contributed by atoms with Crippen LogP contribution >= 0.6 is 0 Å². The zero-order valence-electron chi connectivity index (χ0n) is 14.3. The third-order valence-corrected chi connectivity index (χ3v) is 4.19. The number of pyridine rings is 1. The van der Waals surface area contributed by atoms with Gasteiger partial charge in [-0.3, -0.25) is 14.4 Å². The van der Waals surface area contributed by atoms with E-state index in [2.05, 4.69) is 10.1 Å². The first-order chi connectivity index (χ1) is 12.7. The van der Waals surface area contributed by atoms with Gasteiger partial charge in [0.25, 0.3) is 5.91 Å². The van der Waals surface area contributed by atoms with E-state index in [1.54, 1.807) is 41.1 Å². The molecule has 0 saturated carbocycles. The standard InChI is InChI=1S/C19H18N4O3/c1-25-16-7-8-20-18(12-16)22-9-10-23-17(19(22)24)11-14(21-23)13-26-15-5-3-2-4-6-15/h2-8,11-12H,9-10,13H2,1H3. The molecule has 1 aliphatic rings. The van der Waals surface area contributed by atoms with Crippen molar-refractivity contribution in [3.8, 4) is 11.5 Å². The van der Waals surface area contributed by atoms with Gasteiger partial charge >= 0.3 is 0 Å². The summed E-state index contributed by atoms with van der Waals surface area (Å²) < 4.78 is 12.7. The summed E-state index contributed by atoms with van der Waals surface area (Å²) >= 11 is 0. The molecule has 0 saturated heterocycles. The Kier molecular flexibility index (Phi) is 4.27. The summed E-state index contributed by atoms with van der Waals surface area (Å²) in [5, 5.41) is 4.48. The van der Waals surface area contributed by atoms with Crippen molar-refractivity contribution in [2.75, 3.05) is 18.6 Å². The predicted molar refractivity (Wildman–Crippen MR) is 95.5 cm³/mol. The number of benzene rings is 1. The Bertz CT molecular complexity index is 924. The first-order valence-corrected chi connectivity index (χ1v) is 8.31. The number of carbonyl (C=O) groups is 1. The van der Waals surface area contributed by atoms with Crippen molar-refractivity contribution in [3.05, 3.63) is 66.1 Å². The highest BCUT2D eigenvalue weighted by atomic mass is 16.5. The maximum Gasteiger partial charge on any atom is 0.277 e. The number of ether oxygens (including phenoxy) is 2. The molecule has 7 nitrogen and oxygen atoms in total. The Labute approximate surface area is 150 Å². The largest absolute Gasteiger partial charge is 0.497 e. The van der Waals surface area contributed by atoms with Crippen LogP contribution < -0.4 is 14.4 Å². The maximum atomic E-state index is 12.8. The van der Waals surface area contributed by atoms with Crippen molar-refractivity contribution in [3.63, 3.8) is 0 Å². The van der Waals surface area contributed by atoms with Crippen LogP contribution in [-0.4, -0.2) is 34.3 Å². The summed E-state index contributed by atoms with van der Waals surface area (Å²) in [4.78, 5) is 18.8. The van der Waals surface area contributed by atoms with Crippen molar-refractivity contribution in [2.24, 2.45) is 0 Å². The number of fused-ring (bicyclic) bond motifs is 1. The summed E-state index contributed by atoms with van der Waals surface area (Å²) in [7, 11) is 1.59. The molecule has 132 valence electrons. The third-order valence-electron chi connectivity index (χ3n) is 4.19. The molecule has 2 aromatic heterocycles. The topological polar surface area (TPSA) is 69.5 Å². The molecular weight excluding hydrogens is 332 g/mol. The Morgan fingerprint density at radius 3 is 2.73 bits per heavy atom. The Morgan fingerprint density at radius 1 is 1.08 bits per heavy atom. The van der Waals surface area contributed by atoms with E-state index in [0.29, 0.717) is 37.0 Å². The molecular formula is C19H18N4O3. The fraction of sp³-hybridized carbons (Fsp3) is 0.211. The van der Waals surface area contributed by atoms with Crippen LogP contribution in [0.2, 0.25) is 0 Å². The maximum absolute atomic E-state index is 12.8. The number of carbonyl (C=O) groups excluding carboxylic acids is 1. The number of hydrogen-bond acceptors (Lipinski definition) is 5. The molecule has 1 amide bonds. The van der Waals surface area contributed by atoms with Gasteiger partial charge in [-0.25, -0.2) is 4.98 Å². The van der Waals surface area contributed by atoms with Gasteiger partial charge in [0.15, 0.2) is 0 Å². The van der Waals surface area contributed by atoms with E-state index in [9.17, 15) is 4.79 Å². The number of amides is 1. The van der Waals surface area contributed by atoms with E-state index in [1.165, 1.54) is 0 Å². The first kappa shape index (κ1) is 16.1. The van der Waals surface area contributed by atoms with Gasteiger partial charge < -0.3 is 9.47 Å². The van der Waals surface area contributed by atoms with Gasteiger partial charge in [-0.1, -0.05) is 18.2 Å². The lowest BCUT2D eigenvalue weighted by Gasteiger charge is -2.26. The fourth-order valence-electron chi connectivity index (χ4n) is 2.88. The van der Waals surface area contributed by atoms with Gasteiger partial charge in [0.1, 0.15) is 35.3 Å². The van der Waals surface area contributed by atoms with Gasteiger partial charge in [-0.2, -0.15) is 5.10 Å². The number of para-hydroxylation sites is 1. The molecule has 3 aromatic rings. The van der Waals surface area contributed by atoms with Crippen LogP contribution in [0.4, 0.5) is 5.82 Å². The smallest absolute Gasteiger partial charge is 0.277 e. The van der Waals surface area contributed by atoms with Crippen molar-refractivity contribution in [2.45, 2.75) is 13.2 Å². The molecule has 0 fully saturated rings. The van der Waals surface area contributed by atoms with Crippen LogP contribution in [0.15, 0.2) is 54.7 Å². The fourth-order valence-corrected chi connectivity index (χ4v) is 2.88. The van der Waals surface area contributed by atoms with E-state index < -0.39 is 0 Å². The molecule has 0 N–H and O–H groups in total. The monoisotopic (exact) mass is 350 g/mol. The summed E-state index contributed by atoms with van der Waals surface area (Å²) in [6.07, 6.45) is 1.63. The minimum Gasteiger partial charge on any atom is -0.497 e. The summed E-state index contributed by atoms with van der Waals surface area (Å²) in [5.41, 5.74) is 1.25. The van der Waals surface area contributed by atoms with Crippen molar-refractivity contribution < 1.29 is 14.3 Å². The molecule has 0 radical (unpaired) electrons.